The monoisotopic (exact) mass is 467 g/mol. The number of nitrogens with one attached hydrogen (secondary N) is 1. The van der Waals surface area contributed by atoms with Crippen molar-refractivity contribution in [2.75, 3.05) is 39.3 Å². The van der Waals surface area contributed by atoms with Crippen molar-refractivity contribution < 1.29 is 19.1 Å². The molecule has 1 heterocycles. The summed E-state index contributed by atoms with van der Waals surface area (Å²) < 4.78 is 10.5. The van der Waals surface area contributed by atoms with Crippen LogP contribution in [0.25, 0.3) is 0 Å². The maximum absolute atomic E-state index is 13.4. The van der Waals surface area contributed by atoms with Gasteiger partial charge in [-0.25, -0.2) is 0 Å². The Kier molecular flexibility index (Phi) is 8.79. The molecule has 3 rings (SSSR count). The van der Waals surface area contributed by atoms with Gasteiger partial charge in [0.25, 0.3) is 5.91 Å². The molecule has 0 saturated carbocycles. The number of hydrogen-bond acceptors (Lipinski definition) is 5. The number of benzene rings is 2. The highest BCUT2D eigenvalue weighted by Gasteiger charge is 2.28. The van der Waals surface area contributed by atoms with Gasteiger partial charge in [0, 0.05) is 44.0 Å². The van der Waals surface area contributed by atoms with E-state index in [2.05, 4.69) is 28.4 Å². The number of anilines is 1. The molecule has 0 radical (unpaired) electrons. The molecule has 7 nitrogen and oxygen atoms in total. The average molecular weight is 468 g/mol. The molecule has 0 aromatic heterocycles. The van der Waals surface area contributed by atoms with Gasteiger partial charge in [0.05, 0.1) is 14.2 Å². The molecular weight excluding hydrogens is 430 g/mol. The number of likely N-dealkylation sites (N-methyl/N-ethyl adjacent to an activating group) is 1. The lowest BCUT2D eigenvalue weighted by atomic mass is 10.0. The van der Waals surface area contributed by atoms with Gasteiger partial charge in [0.2, 0.25) is 5.91 Å². The molecule has 0 bridgehead atoms. The van der Waals surface area contributed by atoms with Gasteiger partial charge in [0.1, 0.15) is 17.5 Å². The first kappa shape index (κ1) is 25.4. The topological polar surface area (TPSA) is 71.1 Å². The lowest BCUT2D eigenvalue weighted by Gasteiger charge is -2.32. The Hall–Kier alpha value is -3.22. The number of methoxy groups -OCH3 is 2. The number of piperidine rings is 1. The van der Waals surface area contributed by atoms with Gasteiger partial charge in [-0.2, -0.15) is 0 Å². The zero-order valence-electron chi connectivity index (χ0n) is 21.0. The van der Waals surface area contributed by atoms with Gasteiger partial charge < -0.3 is 24.6 Å². The number of carbonyl (C=O) groups is 2. The third-order valence-corrected chi connectivity index (χ3v) is 6.31. The van der Waals surface area contributed by atoms with Crippen molar-refractivity contribution in [1.82, 2.24) is 10.2 Å². The van der Waals surface area contributed by atoms with Gasteiger partial charge in [-0.15, -0.1) is 0 Å². The molecule has 1 aliphatic heterocycles. The Bertz CT molecular complexity index is 963. The molecule has 184 valence electrons. The second-order valence-corrected chi connectivity index (χ2v) is 9.17. The van der Waals surface area contributed by atoms with E-state index in [0.29, 0.717) is 23.6 Å². The maximum atomic E-state index is 13.4. The summed E-state index contributed by atoms with van der Waals surface area (Å²) in [5, 5.41) is 2.93. The number of carbonyl (C=O) groups excluding carboxylic acids is 2. The van der Waals surface area contributed by atoms with Gasteiger partial charge in [-0.05, 0) is 48.9 Å². The Morgan fingerprint density at radius 3 is 2.21 bits per heavy atom. The van der Waals surface area contributed by atoms with E-state index in [1.807, 2.05) is 19.9 Å². The molecule has 0 spiro atoms. The standard InChI is InChI=1S/C27H37N3O4/c1-19(2)25(28-26(31)21-15-22(33-4)17-23(16-21)34-5)27(32)29(3)18-20-11-7-8-12-24(20)30-13-9-6-10-14-30/h7-8,11-12,15-17,19,25H,6,9-10,13-14,18H2,1-5H3,(H,28,31)/t25-/m0/s1. The highest BCUT2D eigenvalue weighted by molar-refractivity contribution is 5.98. The van der Waals surface area contributed by atoms with Crippen LogP contribution in [-0.4, -0.2) is 57.1 Å². The quantitative estimate of drug-likeness (QED) is 0.601. The lowest BCUT2D eigenvalue weighted by Crippen LogP contribution is -2.50. The summed E-state index contributed by atoms with van der Waals surface area (Å²) in [7, 11) is 4.87. The van der Waals surface area contributed by atoms with Gasteiger partial charge in [-0.3, -0.25) is 9.59 Å². The Balaban J connectivity index is 1.74. The Morgan fingerprint density at radius 1 is 1.00 bits per heavy atom. The predicted octanol–water partition coefficient (Wildman–Crippen LogP) is 4.11. The minimum Gasteiger partial charge on any atom is -0.497 e. The summed E-state index contributed by atoms with van der Waals surface area (Å²) >= 11 is 0. The first-order valence-corrected chi connectivity index (χ1v) is 12.0. The fourth-order valence-corrected chi connectivity index (χ4v) is 4.34. The summed E-state index contributed by atoms with van der Waals surface area (Å²) in [6.07, 6.45) is 3.66. The second-order valence-electron chi connectivity index (χ2n) is 9.17. The molecule has 2 aromatic rings. The Morgan fingerprint density at radius 2 is 1.62 bits per heavy atom. The van der Waals surface area contributed by atoms with E-state index in [-0.39, 0.29) is 17.7 Å². The molecule has 34 heavy (non-hydrogen) atoms. The normalized spacial score (nSPS) is 14.5. The third-order valence-electron chi connectivity index (χ3n) is 6.31. The number of rotatable bonds is 9. The van der Waals surface area contributed by atoms with E-state index >= 15 is 0 Å². The van der Waals surface area contributed by atoms with Crippen molar-refractivity contribution in [3.63, 3.8) is 0 Å². The number of amides is 2. The number of hydrogen-bond donors (Lipinski definition) is 1. The SMILES string of the molecule is COc1cc(OC)cc(C(=O)N[C@H](C(=O)N(C)Cc2ccccc2N2CCCCC2)C(C)C)c1. The highest BCUT2D eigenvalue weighted by Crippen LogP contribution is 2.26. The smallest absolute Gasteiger partial charge is 0.252 e. The summed E-state index contributed by atoms with van der Waals surface area (Å²) in [5.74, 6) is 0.494. The van der Waals surface area contributed by atoms with Crippen molar-refractivity contribution in [2.45, 2.75) is 45.7 Å². The molecule has 2 amide bonds. The van der Waals surface area contributed by atoms with Crippen LogP contribution in [0.5, 0.6) is 11.5 Å². The molecule has 1 saturated heterocycles. The van der Waals surface area contributed by atoms with Crippen molar-refractivity contribution in [3.05, 3.63) is 53.6 Å². The molecule has 1 fully saturated rings. The summed E-state index contributed by atoms with van der Waals surface area (Å²) in [6, 6.07) is 12.6. The van der Waals surface area contributed by atoms with Crippen LogP contribution in [-0.2, 0) is 11.3 Å². The predicted molar refractivity (Wildman–Crippen MR) is 135 cm³/mol. The molecule has 7 heteroatoms. The molecule has 1 N–H and O–H groups in total. The summed E-state index contributed by atoms with van der Waals surface area (Å²) in [4.78, 5) is 30.6. The van der Waals surface area contributed by atoms with E-state index in [9.17, 15) is 9.59 Å². The number of nitrogens with zero attached hydrogens (tertiary/aromatic N) is 2. The van der Waals surface area contributed by atoms with Crippen LogP contribution < -0.4 is 19.7 Å². The molecule has 0 aliphatic carbocycles. The second kappa shape index (κ2) is 11.8. The fourth-order valence-electron chi connectivity index (χ4n) is 4.34. The zero-order valence-corrected chi connectivity index (χ0v) is 21.0. The number of para-hydroxylation sites is 1. The summed E-state index contributed by atoms with van der Waals surface area (Å²) in [5.41, 5.74) is 2.69. The van der Waals surface area contributed by atoms with Crippen LogP contribution in [0.2, 0.25) is 0 Å². The van der Waals surface area contributed by atoms with Crippen molar-refractivity contribution in [1.29, 1.82) is 0 Å². The van der Waals surface area contributed by atoms with E-state index < -0.39 is 6.04 Å². The molecule has 0 unspecified atom stereocenters. The highest BCUT2D eigenvalue weighted by atomic mass is 16.5. The molecule has 1 atom stereocenters. The Labute approximate surface area is 203 Å². The van der Waals surface area contributed by atoms with Crippen molar-refractivity contribution in [2.24, 2.45) is 5.92 Å². The maximum Gasteiger partial charge on any atom is 0.252 e. The van der Waals surface area contributed by atoms with Crippen LogP contribution in [0.4, 0.5) is 5.69 Å². The van der Waals surface area contributed by atoms with E-state index in [1.54, 1.807) is 30.1 Å². The summed E-state index contributed by atoms with van der Waals surface area (Å²) in [6.45, 7) is 6.44. The number of ether oxygens (including phenoxy) is 2. The van der Waals surface area contributed by atoms with Crippen LogP contribution in [0.1, 0.15) is 49.0 Å². The van der Waals surface area contributed by atoms with Gasteiger partial charge in [-0.1, -0.05) is 32.0 Å². The molecule has 2 aromatic carbocycles. The third kappa shape index (κ3) is 6.22. The fraction of sp³-hybridized carbons (Fsp3) is 0.481. The van der Waals surface area contributed by atoms with Gasteiger partial charge in [0.15, 0.2) is 0 Å². The van der Waals surface area contributed by atoms with E-state index in [0.717, 1.165) is 18.7 Å². The largest absolute Gasteiger partial charge is 0.497 e. The average Bonchev–Trinajstić information content (AvgIpc) is 2.86. The van der Waals surface area contributed by atoms with Crippen LogP contribution >= 0.6 is 0 Å². The van der Waals surface area contributed by atoms with E-state index in [1.165, 1.54) is 39.2 Å². The molecule has 1 aliphatic rings. The van der Waals surface area contributed by atoms with Crippen LogP contribution in [0.15, 0.2) is 42.5 Å². The zero-order chi connectivity index (χ0) is 24.7. The lowest BCUT2D eigenvalue weighted by molar-refractivity contribution is -0.133. The van der Waals surface area contributed by atoms with E-state index in [4.69, 9.17) is 9.47 Å². The van der Waals surface area contributed by atoms with Crippen LogP contribution in [0.3, 0.4) is 0 Å². The van der Waals surface area contributed by atoms with Crippen molar-refractivity contribution >= 4 is 17.5 Å². The van der Waals surface area contributed by atoms with Crippen LogP contribution in [0, 0.1) is 5.92 Å². The minimum absolute atomic E-state index is 0.0799. The van der Waals surface area contributed by atoms with Crippen molar-refractivity contribution in [3.8, 4) is 11.5 Å². The van der Waals surface area contributed by atoms with Gasteiger partial charge >= 0.3 is 0 Å². The first-order chi connectivity index (χ1) is 16.3. The first-order valence-electron chi connectivity index (χ1n) is 12.0. The minimum atomic E-state index is -0.656. The molecular formula is C27H37N3O4.